The van der Waals surface area contributed by atoms with E-state index < -0.39 is 9.28 Å². The summed E-state index contributed by atoms with van der Waals surface area (Å²) in [5.74, 6) is 3.36. The lowest BCUT2D eigenvalue weighted by Crippen LogP contribution is -2.22. The molecule has 2 bridgehead atoms. The van der Waals surface area contributed by atoms with Gasteiger partial charge in [-0.25, -0.2) is 0 Å². The Hall–Kier alpha value is 0.137. The SMILES string of the molecule is CCO[SiH](CCCCCCCC1CC2CCC1C2)OCC. The van der Waals surface area contributed by atoms with E-state index in [2.05, 4.69) is 13.8 Å². The minimum atomic E-state index is -1.32. The van der Waals surface area contributed by atoms with Gasteiger partial charge in [0, 0.05) is 13.2 Å². The number of hydrogen-bond donors (Lipinski definition) is 0. The predicted octanol–water partition coefficient (Wildman–Crippen LogP) is 5.06. The lowest BCUT2D eigenvalue weighted by Gasteiger charge is -2.21. The maximum atomic E-state index is 5.72. The molecule has 0 aromatic carbocycles. The van der Waals surface area contributed by atoms with E-state index in [0.29, 0.717) is 0 Å². The van der Waals surface area contributed by atoms with Crippen molar-refractivity contribution in [1.82, 2.24) is 0 Å². The standard InChI is InChI=1S/C18H36O2Si/c1-3-19-21(20-4-2)13-9-7-5-6-8-10-17-14-16-11-12-18(17)15-16/h16-18,21H,3-15H2,1-2H3. The molecule has 21 heavy (non-hydrogen) atoms. The topological polar surface area (TPSA) is 18.5 Å². The van der Waals surface area contributed by atoms with Gasteiger partial charge in [-0.3, -0.25) is 0 Å². The molecular formula is C18H36O2Si. The lowest BCUT2D eigenvalue weighted by atomic mass is 9.85. The van der Waals surface area contributed by atoms with E-state index in [1.807, 2.05) is 0 Å². The van der Waals surface area contributed by atoms with E-state index in [4.69, 9.17) is 8.85 Å². The fourth-order valence-corrected chi connectivity index (χ4v) is 6.36. The zero-order valence-corrected chi connectivity index (χ0v) is 15.5. The summed E-state index contributed by atoms with van der Waals surface area (Å²) < 4.78 is 11.4. The average Bonchev–Trinajstić information content (AvgIpc) is 3.09. The van der Waals surface area contributed by atoms with Crippen LogP contribution in [0.5, 0.6) is 0 Å². The first kappa shape index (κ1) is 17.5. The Morgan fingerprint density at radius 2 is 1.57 bits per heavy atom. The molecule has 3 heteroatoms. The second-order valence-electron chi connectivity index (χ2n) is 7.12. The van der Waals surface area contributed by atoms with Gasteiger partial charge in [0.05, 0.1) is 0 Å². The van der Waals surface area contributed by atoms with E-state index in [1.165, 1.54) is 44.6 Å². The highest BCUT2D eigenvalue weighted by atomic mass is 28.3. The van der Waals surface area contributed by atoms with Gasteiger partial charge in [-0.1, -0.05) is 44.9 Å². The second-order valence-corrected chi connectivity index (χ2v) is 9.22. The van der Waals surface area contributed by atoms with Crippen LogP contribution in [-0.4, -0.2) is 22.5 Å². The molecule has 0 aromatic rings. The van der Waals surface area contributed by atoms with Gasteiger partial charge >= 0.3 is 9.28 Å². The number of rotatable bonds is 12. The smallest absolute Gasteiger partial charge is 0.321 e. The summed E-state index contributed by atoms with van der Waals surface area (Å²) in [6, 6.07) is 1.20. The quantitative estimate of drug-likeness (QED) is 0.370. The molecule has 0 amide bonds. The van der Waals surface area contributed by atoms with Crippen molar-refractivity contribution in [2.24, 2.45) is 17.8 Å². The van der Waals surface area contributed by atoms with Crippen molar-refractivity contribution in [2.45, 2.75) is 84.1 Å². The largest absolute Gasteiger partial charge is 0.397 e. The van der Waals surface area contributed by atoms with Crippen LogP contribution < -0.4 is 0 Å². The molecule has 0 aromatic heterocycles. The first-order valence-electron chi connectivity index (χ1n) is 9.56. The Morgan fingerprint density at radius 1 is 0.857 bits per heavy atom. The van der Waals surface area contributed by atoms with Gasteiger partial charge in [0.15, 0.2) is 0 Å². The molecule has 0 heterocycles. The number of fused-ring (bicyclic) bond motifs is 2. The summed E-state index contributed by atoms with van der Waals surface area (Å²) in [7, 11) is -1.32. The third-order valence-corrected chi connectivity index (χ3v) is 7.89. The second kappa shape index (κ2) is 10.0. The summed E-state index contributed by atoms with van der Waals surface area (Å²) in [6.07, 6.45) is 14.8. The maximum Gasteiger partial charge on any atom is 0.321 e. The van der Waals surface area contributed by atoms with Crippen molar-refractivity contribution in [1.29, 1.82) is 0 Å². The van der Waals surface area contributed by atoms with Crippen LogP contribution >= 0.6 is 0 Å². The zero-order valence-electron chi connectivity index (χ0n) is 14.3. The van der Waals surface area contributed by atoms with E-state index in [9.17, 15) is 0 Å². The minimum absolute atomic E-state index is 0.820. The normalized spacial score (nSPS) is 27.9. The third kappa shape index (κ3) is 6.03. The molecule has 0 N–H and O–H groups in total. The van der Waals surface area contributed by atoms with Crippen LogP contribution in [-0.2, 0) is 8.85 Å². The average molecular weight is 313 g/mol. The van der Waals surface area contributed by atoms with Crippen molar-refractivity contribution < 1.29 is 8.85 Å². The van der Waals surface area contributed by atoms with E-state index in [-0.39, 0.29) is 0 Å². The van der Waals surface area contributed by atoms with E-state index in [1.54, 1.807) is 25.7 Å². The monoisotopic (exact) mass is 312 g/mol. The van der Waals surface area contributed by atoms with Crippen molar-refractivity contribution in [2.75, 3.05) is 13.2 Å². The minimum Gasteiger partial charge on any atom is -0.397 e. The van der Waals surface area contributed by atoms with E-state index in [0.717, 1.165) is 31.0 Å². The molecule has 0 spiro atoms. The molecule has 3 atom stereocenters. The lowest BCUT2D eigenvalue weighted by molar-refractivity contribution is 0.212. The predicted molar refractivity (Wildman–Crippen MR) is 91.8 cm³/mol. The molecule has 2 aliphatic rings. The van der Waals surface area contributed by atoms with Crippen LogP contribution in [0, 0.1) is 17.8 Å². The summed E-state index contributed by atoms with van der Waals surface area (Å²) >= 11 is 0. The van der Waals surface area contributed by atoms with Crippen LogP contribution in [0.25, 0.3) is 0 Å². The maximum absolute atomic E-state index is 5.72. The molecule has 2 fully saturated rings. The van der Waals surface area contributed by atoms with Gasteiger partial charge in [-0.15, -0.1) is 0 Å². The molecule has 124 valence electrons. The van der Waals surface area contributed by atoms with Crippen LogP contribution in [0.15, 0.2) is 0 Å². The highest BCUT2D eigenvalue weighted by Gasteiger charge is 2.38. The highest BCUT2D eigenvalue weighted by molar-refractivity contribution is 6.44. The third-order valence-electron chi connectivity index (χ3n) is 5.60. The van der Waals surface area contributed by atoms with Crippen molar-refractivity contribution in [3.8, 4) is 0 Å². The first-order chi connectivity index (χ1) is 10.3. The molecule has 2 aliphatic carbocycles. The Bertz CT molecular complexity index is 266. The van der Waals surface area contributed by atoms with Crippen LogP contribution in [0.1, 0.15) is 78.1 Å². The first-order valence-corrected chi connectivity index (χ1v) is 11.3. The molecule has 2 nitrogen and oxygen atoms in total. The fourth-order valence-electron chi connectivity index (χ4n) is 4.56. The Balaban J connectivity index is 1.41. The molecule has 0 saturated heterocycles. The molecule has 0 radical (unpaired) electrons. The summed E-state index contributed by atoms with van der Waals surface area (Å²) in [5, 5.41) is 0. The van der Waals surface area contributed by atoms with Gasteiger partial charge in [-0.05, 0) is 56.9 Å². The van der Waals surface area contributed by atoms with Crippen molar-refractivity contribution >= 4 is 9.28 Å². The van der Waals surface area contributed by atoms with Crippen LogP contribution in [0.2, 0.25) is 6.04 Å². The highest BCUT2D eigenvalue weighted by Crippen LogP contribution is 2.49. The molecular weight excluding hydrogens is 276 g/mol. The van der Waals surface area contributed by atoms with Crippen LogP contribution in [0.3, 0.4) is 0 Å². The molecule has 0 aliphatic heterocycles. The Kier molecular flexibility index (Phi) is 8.34. The zero-order chi connectivity index (χ0) is 14.9. The summed E-state index contributed by atoms with van der Waals surface area (Å²) in [5.41, 5.74) is 0. The molecule has 2 saturated carbocycles. The molecule has 3 unspecified atom stereocenters. The number of hydrogen-bond acceptors (Lipinski definition) is 2. The van der Waals surface area contributed by atoms with Gasteiger partial charge in [0.2, 0.25) is 0 Å². The number of unbranched alkanes of at least 4 members (excludes halogenated alkanes) is 4. The molecule has 2 rings (SSSR count). The summed E-state index contributed by atoms with van der Waals surface area (Å²) in [6.45, 7) is 5.80. The van der Waals surface area contributed by atoms with Crippen molar-refractivity contribution in [3.05, 3.63) is 0 Å². The van der Waals surface area contributed by atoms with Gasteiger partial charge < -0.3 is 8.85 Å². The van der Waals surface area contributed by atoms with Crippen LogP contribution in [0.4, 0.5) is 0 Å². The van der Waals surface area contributed by atoms with E-state index >= 15 is 0 Å². The Labute approximate surface area is 133 Å². The summed E-state index contributed by atoms with van der Waals surface area (Å²) in [4.78, 5) is 0. The Morgan fingerprint density at radius 3 is 2.19 bits per heavy atom. The van der Waals surface area contributed by atoms with Gasteiger partial charge in [0.25, 0.3) is 0 Å². The van der Waals surface area contributed by atoms with Crippen molar-refractivity contribution in [3.63, 3.8) is 0 Å². The van der Waals surface area contributed by atoms with Gasteiger partial charge in [-0.2, -0.15) is 0 Å². The fraction of sp³-hybridized carbons (Fsp3) is 1.00. The van der Waals surface area contributed by atoms with Gasteiger partial charge in [0.1, 0.15) is 0 Å².